The fraction of sp³-hybridized carbons (Fsp3) is 0.286. The van der Waals surface area contributed by atoms with E-state index in [1.165, 1.54) is 16.7 Å². The van der Waals surface area contributed by atoms with Gasteiger partial charge in [0.1, 0.15) is 11.3 Å². The van der Waals surface area contributed by atoms with Crippen LogP contribution >= 0.6 is 0 Å². The molecule has 2 heterocycles. The Morgan fingerprint density at radius 2 is 1.67 bits per heavy atom. The molecule has 4 rings (SSSR count). The van der Waals surface area contributed by atoms with Crippen molar-refractivity contribution in [2.24, 2.45) is 7.05 Å². The number of fused-ring (bicyclic) bond motifs is 1. The number of ether oxygens (including phenoxy) is 1. The molecule has 1 atom stereocenters. The molecule has 0 amide bonds. The van der Waals surface area contributed by atoms with Gasteiger partial charge in [0, 0.05) is 61.9 Å². The van der Waals surface area contributed by atoms with Crippen LogP contribution in [0.25, 0.3) is 22.0 Å². The molecule has 0 radical (unpaired) electrons. The quantitative estimate of drug-likeness (QED) is 0.289. The molecule has 2 aromatic carbocycles. The summed E-state index contributed by atoms with van der Waals surface area (Å²) in [5.41, 5.74) is 2.96. The van der Waals surface area contributed by atoms with Gasteiger partial charge in [0.25, 0.3) is 5.56 Å². The molecule has 2 aromatic heterocycles. The van der Waals surface area contributed by atoms with Gasteiger partial charge >= 0.3 is 5.97 Å². The number of hydrogen-bond donors (Lipinski definition) is 1. The van der Waals surface area contributed by atoms with E-state index in [0.29, 0.717) is 23.0 Å². The third-order valence-electron chi connectivity index (χ3n) is 5.91. The Morgan fingerprint density at radius 3 is 2.22 bits per heavy atom. The Labute approximate surface area is 233 Å². The fourth-order valence-corrected chi connectivity index (χ4v) is 4.31. The number of pyridine rings is 1. The van der Waals surface area contributed by atoms with E-state index in [1.54, 1.807) is 46.1 Å². The number of carboxylic acids is 1. The first-order chi connectivity index (χ1) is 16.5. The van der Waals surface area contributed by atoms with Crippen molar-refractivity contribution in [2.75, 3.05) is 0 Å². The first kappa shape index (κ1) is 27.9. The number of rotatable bonds is 6. The number of aliphatic carboxylic acids is 1. The van der Waals surface area contributed by atoms with Gasteiger partial charge in [-0.25, -0.2) is 9.18 Å². The summed E-state index contributed by atoms with van der Waals surface area (Å²) in [4.78, 5) is 26.1. The van der Waals surface area contributed by atoms with E-state index in [1.807, 2.05) is 41.8 Å². The van der Waals surface area contributed by atoms with E-state index in [-0.39, 0.29) is 48.2 Å². The zero-order valence-corrected chi connectivity index (χ0v) is 25.2. The third kappa shape index (κ3) is 5.67. The van der Waals surface area contributed by atoms with Crippen molar-refractivity contribution in [3.05, 3.63) is 93.8 Å². The largest absolute Gasteiger partial charge is 0.479 e. The standard InChI is InChI=1S/C28H29FN2O4.U/c1-17-6-10-19(11-7-17)22-21-14-15-31(16-18-8-12-20(29)13-9-18)23(21)26(32)30(5)24(22)25(27(33)34)35-28(2,3)4;/h6-15,25H,16H2,1-5H3,(H,33,34);. The molecule has 0 fully saturated rings. The third-order valence-corrected chi connectivity index (χ3v) is 5.91. The van der Waals surface area contributed by atoms with Crippen LogP contribution in [0.3, 0.4) is 0 Å². The zero-order chi connectivity index (χ0) is 25.5. The molecule has 4 aromatic rings. The maximum atomic E-state index is 13.6. The maximum absolute atomic E-state index is 13.6. The summed E-state index contributed by atoms with van der Waals surface area (Å²) >= 11 is 0. The van der Waals surface area contributed by atoms with Gasteiger partial charge in [0.05, 0.1) is 11.3 Å². The summed E-state index contributed by atoms with van der Waals surface area (Å²) < 4.78 is 22.5. The summed E-state index contributed by atoms with van der Waals surface area (Å²) in [6, 6.07) is 15.7. The Hall–Kier alpha value is -2.66. The topological polar surface area (TPSA) is 73.5 Å². The normalized spacial score (nSPS) is 12.4. The van der Waals surface area contributed by atoms with E-state index in [0.717, 1.165) is 16.7 Å². The molecular weight excluding hydrogens is 685 g/mol. The number of aryl methyl sites for hydroxylation is 1. The van der Waals surface area contributed by atoms with Gasteiger partial charge in [-0.3, -0.25) is 4.79 Å². The maximum Gasteiger partial charge on any atom is 0.339 e. The Morgan fingerprint density at radius 1 is 1.06 bits per heavy atom. The van der Waals surface area contributed by atoms with Crippen molar-refractivity contribution >= 4 is 16.9 Å². The average Bonchev–Trinajstić information content (AvgIpc) is 3.19. The minimum absolute atomic E-state index is 0. The summed E-state index contributed by atoms with van der Waals surface area (Å²) in [5, 5.41) is 10.8. The van der Waals surface area contributed by atoms with E-state index >= 15 is 0 Å². The molecule has 0 aliphatic heterocycles. The molecule has 6 nitrogen and oxygen atoms in total. The summed E-state index contributed by atoms with van der Waals surface area (Å²) in [5.74, 6) is -1.50. The van der Waals surface area contributed by atoms with Crippen molar-refractivity contribution in [3.8, 4) is 11.1 Å². The summed E-state index contributed by atoms with van der Waals surface area (Å²) in [6.07, 6.45) is 0.450. The minimum atomic E-state index is -1.35. The molecule has 1 unspecified atom stereocenters. The second kappa shape index (κ2) is 10.8. The molecule has 8 heteroatoms. The molecular formula is C28H29FN2O4U. The van der Waals surface area contributed by atoms with E-state index < -0.39 is 17.7 Å². The first-order valence-electron chi connectivity index (χ1n) is 11.4. The summed E-state index contributed by atoms with van der Waals surface area (Å²) in [6.45, 7) is 7.69. The molecule has 0 aliphatic carbocycles. The van der Waals surface area contributed by atoms with Crippen LogP contribution in [0, 0.1) is 43.9 Å². The smallest absolute Gasteiger partial charge is 0.339 e. The monoisotopic (exact) mass is 714 g/mol. The van der Waals surface area contributed by atoms with E-state index in [4.69, 9.17) is 4.74 Å². The van der Waals surface area contributed by atoms with Crippen LogP contribution in [-0.4, -0.2) is 25.8 Å². The summed E-state index contributed by atoms with van der Waals surface area (Å²) in [7, 11) is 1.58. The Balaban J connectivity index is 0.00000361. The number of halogens is 1. The predicted molar refractivity (Wildman–Crippen MR) is 134 cm³/mol. The Bertz CT molecular complexity index is 1450. The molecule has 36 heavy (non-hydrogen) atoms. The van der Waals surface area contributed by atoms with Crippen LogP contribution in [-0.2, 0) is 23.1 Å². The SMILES string of the molecule is Cc1ccc(-c2c(C(OC(C)(C)C)C(=O)O)n(C)c(=O)c3c2ccn3Cc2ccc(F)cc2)cc1.[U]. The number of hydrogen-bond acceptors (Lipinski definition) is 3. The first-order valence-corrected chi connectivity index (χ1v) is 11.4. The Kier molecular flexibility index (Phi) is 8.34. The number of aromatic nitrogens is 2. The molecule has 0 aliphatic rings. The number of benzene rings is 2. The zero-order valence-electron chi connectivity index (χ0n) is 21.0. The van der Waals surface area contributed by atoms with Crippen molar-refractivity contribution in [1.82, 2.24) is 9.13 Å². The van der Waals surface area contributed by atoms with Crippen LogP contribution in [0.2, 0.25) is 0 Å². The number of carboxylic acid groups (broad SMARTS) is 1. The van der Waals surface area contributed by atoms with Crippen LogP contribution in [0.15, 0.2) is 65.6 Å². The van der Waals surface area contributed by atoms with Crippen molar-refractivity contribution in [3.63, 3.8) is 0 Å². The van der Waals surface area contributed by atoms with Gasteiger partial charge in [-0.1, -0.05) is 42.0 Å². The van der Waals surface area contributed by atoms with Gasteiger partial charge in [-0.05, 0) is 57.0 Å². The minimum Gasteiger partial charge on any atom is -0.479 e. The van der Waals surface area contributed by atoms with E-state index in [2.05, 4.69) is 0 Å². The predicted octanol–water partition coefficient (Wildman–Crippen LogP) is 5.44. The van der Waals surface area contributed by atoms with Crippen LogP contribution < -0.4 is 5.56 Å². The second-order valence-corrected chi connectivity index (χ2v) is 9.77. The number of carbonyl (C=O) groups is 1. The van der Waals surface area contributed by atoms with Gasteiger partial charge in [-0.2, -0.15) is 0 Å². The van der Waals surface area contributed by atoms with Crippen LogP contribution in [0.4, 0.5) is 4.39 Å². The van der Waals surface area contributed by atoms with E-state index in [9.17, 15) is 19.1 Å². The van der Waals surface area contributed by atoms with Crippen molar-refractivity contribution in [2.45, 2.75) is 45.9 Å². The second-order valence-electron chi connectivity index (χ2n) is 9.77. The molecule has 0 bridgehead atoms. The van der Waals surface area contributed by atoms with Gasteiger partial charge in [-0.15, -0.1) is 0 Å². The van der Waals surface area contributed by atoms with Crippen molar-refractivity contribution < 1.29 is 50.1 Å². The number of nitrogens with zero attached hydrogens (tertiary/aromatic N) is 2. The van der Waals surface area contributed by atoms with Gasteiger partial charge in [0.15, 0.2) is 6.10 Å². The molecule has 1 N–H and O–H groups in total. The van der Waals surface area contributed by atoms with Gasteiger partial charge in [0.2, 0.25) is 0 Å². The van der Waals surface area contributed by atoms with Crippen molar-refractivity contribution in [1.29, 1.82) is 0 Å². The van der Waals surface area contributed by atoms with Gasteiger partial charge < -0.3 is 19.0 Å². The molecule has 0 spiro atoms. The van der Waals surface area contributed by atoms with Crippen LogP contribution in [0.5, 0.6) is 0 Å². The average molecular weight is 715 g/mol. The fourth-order valence-electron chi connectivity index (χ4n) is 4.31. The molecule has 0 saturated carbocycles. The molecule has 0 saturated heterocycles. The molecule has 186 valence electrons. The van der Waals surface area contributed by atoms with Crippen LogP contribution in [0.1, 0.15) is 43.7 Å².